The van der Waals surface area contributed by atoms with Crippen LogP contribution in [0.4, 0.5) is 0 Å². The minimum atomic E-state index is -2.61. The highest BCUT2D eigenvalue weighted by Gasteiger charge is 2.54. The molecule has 2 aromatic carbocycles. The van der Waals surface area contributed by atoms with E-state index in [0.29, 0.717) is 5.56 Å². The second kappa shape index (κ2) is 8.73. The van der Waals surface area contributed by atoms with E-state index in [2.05, 4.69) is 6.92 Å². The molecule has 0 bridgehead atoms. The fourth-order valence-corrected chi connectivity index (χ4v) is 6.06. The molecule has 0 spiro atoms. The van der Waals surface area contributed by atoms with Crippen molar-refractivity contribution < 1.29 is 9.32 Å². The maximum atomic E-state index is 13.5. The highest BCUT2D eigenvalue weighted by Crippen LogP contribution is 2.68. The molecule has 2 aromatic rings. The van der Waals surface area contributed by atoms with Gasteiger partial charge in [-0.15, -0.1) is 0 Å². The van der Waals surface area contributed by atoms with Crippen LogP contribution < -0.4 is 5.30 Å². The first-order chi connectivity index (χ1) is 11.7. The molecule has 0 N–H and O–H groups in total. The third-order valence-corrected chi connectivity index (χ3v) is 7.63. The molecule has 0 heterocycles. The van der Waals surface area contributed by atoms with Gasteiger partial charge in [0.2, 0.25) is 0 Å². The van der Waals surface area contributed by atoms with Crippen LogP contribution >= 0.6 is 7.49 Å². The quantitative estimate of drug-likeness (QED) is 0.485. The number of hydrogen-bond donors (Lipinski definition) is 0. The summed E-state index contributed by atoms with van der Waals surface area (Å²) in [7, 11) is -0.958. The maximum absolute atomic E-state index is 13.5. The van der Waals surface area contributed by atoms with Crippen molar-refractivity contribution in [3.8, 4) is 0 Å². The number of carbonyl (C=O) groups excluding carboxylic acids is 1. The Bertz CT molecular complexity index is 720. The van der Waals surface area contributed by atoms with Crippen LogP contribution in [-0.4, -0.2) is 12.6 Å². The van der Waals surface area contributed by atoms with E-state index in [1.165, 1.54) is 0 Å². The lowest BCUT2D eigenvalue weighted by molar-refractivity contribution is 0.106. The fourth-order valence-electron chi connectivity index (χ4n) is 2.77. The lowest BCUT2D eigenvalue weighted by atomic mass is 10.2. The molecular formula is C21H24O2P+. The zero-order valence-corrected chi connectivity index (χ0v) is 15.4. The molecule has 124 valence electrons. The highest BCUT2D eigenvalue weighted by atomic mass is 31.2. The van der Waals surface area contributed by atoms with Gasteiger partial charge in [0.1, 0.15) is 10.6 Å². The second-order valence-electron chi connectivity index (χ2n) is 5.34. The van der Waals surface area contributed by atoms with Crippen molar-refractivity contribution in [2.75, 3.05) is 7.11 Å². The van der Waals surface area contributed by atoms with Crippen molar-refractivity contribution in [3.05, 3.63) is 89.8 Å². The van der Waals surface area contributed by atoms with Gasteiger partial charge in [-0.25, -0.2) is 9.32 Å². The van der Waals surface area contributed by atoms with E-state index < -0.39 is 7.49 Å². The summed E-state index contributed by atoms with van der Waals surface area (Å²) in [5.74, 6) is 0. The summed E-state index contributed by atoms with van der Waals surface area (Å²) in [5, 5.41) is 2.00. The molecular weight excluding hydrogens is 315 g/mol. The Hall–Kier alpha value is -2.02. The van der Waals surface area contributed by atoms with E-state index in [4.69, 9.17) is 4.52 Å². The summed E-state index contributed by atoms with van der Waals surface area (Å²) in [6.07, 6.45) is 6.75. The van der Waals surface area contributed by atoms with Gasteiger partial charge in [-0.1, -0.05) is 55.5 Å². The standard InChI is InChI=1S/C21H24O2P/c1-4-6-15-19(5-2)24(23-3,20-16-11-8-12-17-20)21(22)18-13-9-7-10-14-18/h4,6-17H,5H2,1-3H3/q+1/b6-4-,19-15+. The van der Waals surface area contributed by atoms with Crippen LogP contribution in [0.3, 0.4) is 0 Å². The highest BCUT2D eigenvalue weighted by molar-refractivity contribution is 7.97. The van der Waals surface area contributed by atoms with Gasteiger partial charge in [0.15, 0.2) is 0 Å². The molecule has 0 aromatic heterocycles. The average molecular weight is 339 g/mol. The number of hydrogen-bond acceptors (Lipinski definition) is 2. The maximum Gasteiger partial charge on any atom is 0.337 e. The predicted molar refractivity (Wildman–Crippen MR) is 104 cm³/mol. The van der Waals surface area contributed by atoms with Crippen LogP contribution in [0.25, 0.3) is 0 Å². The zero-order valence-electron chi connectivity index (χ0n) is 14.5. The van der Waals surface area contributed by atoms with E-state index in [1.807, 2.05) is 85.8 Å². The lowest BCUT2D eigenvalue weighted by Gasteiger charge is -2.23. The largest absolute Gasteiger partial charge is 0.337 e. The molecule has 2 rings (SSSR count). The van der Waals surface area contributed by atoms with E-state index in [9.17, 15) is 4.79 Å². The van der Waals surface area contributed by atoms with Crippen LogP contribution in [0.2, 0.25) is 0 Å². The normalized spacial score (nSPS) is 14.5. The van der Waals surface area contributed by atoms with E-state index >= 15 is 0 Å². The van der Waals surface area contributed by atoms with E-state index in [1.54, 1.807) is 7.11 Å². The van der Waals surface area contributed by atoms with Gasteiger partial charge in [-0.2, -0.15) is 0 Å². The molecule has 0 saturated carbocycles. The molecule has 0 aliphatic rings. The molecule has 2 nitrogen and oxygen atoms in total. The zero-order chi connectivity index (χ0) is 17.4. The van der Waals surface area contributed by atoms with E-state index in [-0.39, 0.29) is 5.52 Å². The van der Waals surface area contributed by atoms with Gasteiger partial charge in [-0.05, 0) is 37.3 Å². The van der Waals surface area contributed by atoms with Crippen molar-refractivity contribution in [3.63, 3.8) is 0 Å². The first-order valence-electron chi connectivity index (χ1n) is 8.13. The number of rotatable bonds is 7. The van der Waals surface area contributed by atoms with Crippen molar-refractivity contribution >= 4 is 18.3 Å². The van der Waals surface area contributed by atoms with Gasteiger partial charge in [-0.3, -0.25) is 0 Å². The number of carbonyl (C=O) groups is 1. The monoisotopic (exact) mass is 339 g/mol. The Balaban J connectivity index is 2.70. The third kappa shape index (κ3) is 3.56. The van der Waals surface area contributed by atoms with Crippen LogP contribution in [0.5, 0.6) is 0 Å². The average Bonchev–Trinajstić information content (AvgIpc) is 2.66. The SMILES string of the molecule is C/C=C\C=C(/CC)[P+](OC)(C(=O)c1ccccc1)c1ccccc1. The fraction of sp³-hybridized carbons (Fsp3) is 0.190. The van der Waals surface area contributed by atoms with Crippen molar-refractivity contribution in [1.29, 1.82) is 0 Å². The molecule has 0 aliphatic heterocycles. The molecule has 0 aliphatic carbocycles. The second-order valence-corrected chi connectivity index (χ2v) is 8.42. The Morgan fingerprint density at radius 3 is 2.12 bits per heavy atom. The van der Waals surface area contributed by atoms with Crippen LogP contribution in [0.1, 0.15) is 30.6 Å². The van der Waals surface area contributed by atoms with Crippen LogP contribution in [0.15, 0.2) is 84.2 Å². The Morgan fingerprint density at radius 1 is 1.04 bits per heavy atom. The molecule has 0 fully saturated rings. The summed E-state index contributed by atoms with van der Waals surface area (Å²) < 4.78 is 6.05. The lowest BCUT2D eigenvalue weighted by Crippen LogP contribution is -2.22. The molecule has 0 radical (unpaired) electrons. The number of benzene rings is 2. The first kappa shape index (κ1) is 18.3. The number of allylic oxidation sites excluding steroid dienone is 4. The first-order valence-corrected chi connectivity index (χ1v) is 9.84. The minimum Gasteiger partial charge on any atom is -0.243 e. The molecule has 3 heteroatoms. The molecule has 1 atom stereocenters. The van der Waals surface area contributed by atoms with Gasteiger partial charge < -0.3 is 0 Å². The van der Waals surface area contributed by atoms with Crippen LogP contribution in [-0.2, 0) is 4.52 Å². The summed E-state index contributed by atoms with van der Waals surface area (Å²) in [4.78, 5) is 13.5. The van der Waals surface area contributed by atoms with Gasteiger partial charge in [0, 0.05) is 6.42 Å². The smallest absolute Gasteiger partial charge is 0.243 e. The minimum absolute atomic E-state index is 0.0643. The van der Waals surface area contributed by atoms with Crippen molar-refractivity contribution in [2.45, 2.75) is 20.3 Å². The predicted octanol–water partition coefficient (Wildman–Crippen LogP) is 5.60. The summed E-state index contributed by atoms with van der Waals surface area (Å²) in [6, 6.07) is 19.3. The molecule has 1 unspecified atom stereocenters. The topological polar surface area (TPSA) is 26.3 Å². The Kier molecular flexibility index (Phi) is 6.66. The summed E-state index contributed by atoms with van der Waals surface area (Å²) in [6.45, 7) is 4.04. The van der Waals surface area contributed by atoms with Gasteiger partial charge in [0.25, 0.3) is 7.49 Å². The Morgan fingerprint density at radius 2 is 1.62 bits per heavy atom. The van der Waals surface area contributed by atoms with E-state index in [0.717, 1.165) is 17.0 Å². The molecule has 24 heavy (non-hydrogen) atoms. The summed E-state index contributed by atoms with van der Waals surface area (Å²) >= 11 is 0. The van der Waals surface area contributed by atoms with Gasteiger partial charge in [0.05, 0.1) is 12.7 Å². The van der Waals surface area contributed by atoms with Crippen LogP contribution in [0, 0.1) is 0 Å². The molecule has 0 saturated heterocycles. The molecule has 0 amide bonds. The van der Waals surface area contributed by atoms with Gasteiger partial charge >= 0.3 is 5.52 Å². The van der Waals surface area contributed by atoms with Crippen molar-refractivity contribution in [2.24, 2.45) is 0 Å². The third-order valence-electron chi connectivity index (χ3n) is 3.95. The van der Waals surface area contributed by atoms with Crippen molar-refractivity contribution in [1.82, 2.24) is 0 Å². The summed E-state index contributed by atoms with van der Waals surface area (Å²) in [5.41, 5.74) is 0.755. The Labute approximate surface area is 145 Å².